The van der Waals surface area contributed by atoms with Crippen molar-refractivity contribution in [3.63, 3.8) is 0 Å². The molecule has 0 unspecified atom stereocenters. The number of carbonyl (C=O) groups is 3. The first-order valence-electron chi connectivity index (χ1n) is 8.39. The number of nitrogens with one attached hydrogen (secondary N) is 1. The Morgan fingerprint density at radius 1 is 1.08 bits per heavy atom. The second kappa shape index (κ2) is 7.82. The zero-order chi connectivity index (χ0) is 18.5. The molecule has 1 aliphatic heterocycles. The molecule has 0 bridgehead atoms. The molecule has 1 aliphatic rings. The van der Waals surface area contributed by atoms with E-state index in [1.54, 1.807) is 23.1 Å². The average Bonchev–Trinajstić information content (AvgIpc) is 2.67. The topological polar surface area (TPSA) is 75.7 Å². The van der Waals surface area contributed by atoms with Gasteiger partial charge < -0.3 is 15.0 Å². The second-order valence-corrected chi connectivity index (χ2v) is 6.13. The lowest BCUT2D eigenvalue weighted by atomic mass is 10.00. The first kappa shape index (κ1) is 17.7. The smallest absolute Gasteiger partial charge is 0.337 e. The number of ether oxygens (including phenoxy) is 1. The first-order chi connectivity index (χ1) is 12.6. The molecule has 2 amide bonds. The number of rotatable bonds is 4. The van der Waals surface area contributed by atoms with Gasteiger partial charge in [-0.05, 0) is 35.7 Å². The molecule has 0 atom stereocenters. The largest absolute Gasteiger partial charge is 0.465 e. The summed E-state index contributed by atoms with van der Waals surface area (Å²) in [5.74, 6) is -1.10. The van der Waals surface area contributed by atoms with Crippen LogP contribution >= 0.6 is 0 Å². The molecule has 2 aromatic carbocycles. The molecule has 6 heteroatoms. The first-order valence-corrected chi connectivity index (χ1v) is 8.39. The highest BCUT2D eigenvalue weighted by molar-refractivity contribution is 6.04. The van der Waals surface area contributed by atoms with Crippen LogP contribution in [0.4, 0.5) is 5.69 Å². The van der Waals surface area contributed by atoms with Gasteiger partial charge in [-0.2, -0.15) is 0 Å². The van der Waals surface area contributed by atoms with Crippen LogP contribution < -0.4 is 5.32 Å². The van der Waals surface area contributed by atoms with Crippen molar-refractivity contribution in [1.29, 1.82) is 0 Å². The maximum Gasteiger partial charge on any atom is 0.337 e. The highest BCUT2D eigenvalue weighted by Crippen LogP contribution is 2.19. The highest BCUT2D eigenvalue weighted by Gasteiger charge is 2.22. The van der Waals surface area contributed by atoms with E-state index in [4.69, 9.17) is 0 Å². The number of methoxy groups -OCH3 is 1. The van der Waals surface area contributed by atoms with Crippen molar-refractivity contribution in [2.75, 3.05) is 19.0 Å². The van der Waals surface area contributed by atoms with Crippen LogP contribution in [0.2, 0.25) is 0 Å². The van der Waals surface area contributed by atoms with Crippen LogP contribution in [-0.2, 0) is 27.3 Å². The molecule has 0 fully saturated rings. The SMILES string of the molecule is COC(=O)c1cccc(NC(=O)CC(=O)N2CCc3ccccc3C2)c1. The molecular formula is C20H20N2O4. The summed E-state index contributed by atoms with van der Waals surface area (Å²) in [6.07, 6.45) is 0.565. The monoisotopic (exact) mass is 352 g/mol. The van der Waals surface area contributed by atoms with Gasteiger partial charge in [-0.15, -0.1) is 0 Å². The summed E-state index contributed by atoms with van der Waals surface area (Å²) in [5, 5.41) is 2.66. The quantitative estimate of drug-likeness (QED) is 0.677. The summed E-state index contributed by atoms with van der Waals surface area (Å²) in [6.45, 7) is 1.14. The highest BCUT2D eigenvalue weighted by atomic mass is 16.5. The molecule has 26 heavy (non-hydrogen) atoms. The van der Waals surface area contributed by atoms with Gasteiger partial charge in [-0.25, -0.2) is 4.79 Å². The van der Waals surface area contributed by atoms with Crippen LogP contribution in [0.3, 0.4) is 0 Å². The summed E-state index contributed by atoms with van der Waals surface area (Å²) in [7, 11) is 1.29. The number of anilines is 1. The Morgan fingerprint density at radius 3 is 2.62 bits per heavy atom. The molecule has 0 aromatic heterocycles. The van der Waals surface area contributed by atoms with Crippen LogP contribution in [0.1, 0.15) is 27.9 Å². The van der Waals surface area contributed by atoms with E-state index in [0.29, 0.717) is 24.3 Å². The van der Waals surface area contributed by atoms with Gasteiger partial charge in [-0.3, -0.25) is 9.59 Å². The lowest BCUT2D eigenvalue weighted by Gasteiger charge is -2.28. The van der Waals surface area contributed by atoms with Gasteiger partial charge in [0.05, 0.1) is 12.7 Å². The number of esters is 1. The molecule has 0 spiro atoms. The predicted molar refractivity (Wildman–Crippen MR) is 96.6 cm³/mol. The van der Waals surface area contributed by atoms with Gasteiger partial charge in [0.1, 0.15) is 6.42 Å². The van der Waals surface area contributed by atoms with Crippen LogP contribution in [0, 0.1) is 0 Å². The number of benzene rings is 2. The van der Waals surface area contributed by atoms with Gasteiger partial charge in [0.15, 0.2) is 0 Å². The average molecular weight is 352 g/mol. The number of carbonyl (C=O) groups excluding carboxylic acids is 3. The van der Waals surface area contributed by atoms with E-state index in [2.05, 4.69) is 16.1 Å². The molecule has 3 rings (SSSR count). The summed E-state index contributed by atoms with van der Waals surface area (Å²) in [5.41, 5.74) is 3.16. The lowest BCUT2D eigenvalue weighted by molar-refractivity contribution is -0.135. The van der Waals surface area contributed by atoms with E-state index in [0.717, 1.165) is 12.0 Å². The Labute approximate surface area is 151 Å². The van der Waals surface area contributed by atoms with Crippen molar-refractivity contribution in [3.8, 4) is 0 Å². The van der Waals surface area contributed by atoms with Crippen molar-refractivity contribution < 1.29 is 19.1 Å². The minimum Gasteiger partial charge on any atom is -0.465 e. The molecule has 6 nitrogen and oxygen atoms in total. The number of fused-ring (bicyclic) bond motifs is 1. The molecular weight excluding hydrogens is 332 g/mol. The normalized spacial score (nSPS) is 12.9. The fourth-order valence-corrected chi connectivity index (χ4v) is 3.00. The molecule has 2 aromatic rings. The van der Waals surface area contributed by atoms with E-state index in [-0.39, 0.29) is 12.3 Å². The van der Waals surface area contributed by atoms with Crippen molar-refractivity contribution >= 4 is 23.5 Å². The Hall–Kier alpha value is -3.15. The standard InChI is InChI=1S/C20H20N2O4/c1-26-20(25)15-7-4-8-17(11-15)21-18(23)12-19(24)22-10-9-14-5-2-3-6-16(14)13-22/h2-8,11H,9-10,12-13H2,1H3,(H,21,23). The lowest BCUT2D eigenvalue weighted by Crippen LogP contribution is -2.37. The molecule has 0 saturated heterocycles. The number of hydrogen-bond donors (Lipinski definition) is 1. The van der Waals surface area contributed by atoms with Crippen molar-refractivity contribution in [2.24, 2.45) is 0 Å². The third-order valence-electron chi connectivity index (χ3n) is 4.36. The molecule has 0 aliphatic carbocycles. The Bertz CT molecular complexity index is 847. The van der Waals surface area contributed by atoms with Gasteiger partial charge in [0.25, 0.3) is 0 Å². The number of hydrogen-bond acceptors (Lipinski definition) is 4. The van der Waals surface area contributed by atoms with Crippen LogP contribution in [0.15, 0.2) is 48.5 Å². The van der Waals surface area contributed by atoms with Crippen molar-refractivity contribution in [1.82, 2.24) is 4.90 Å². The summed E-state index contributed by atoms with van der Waals surface area (Å²) in [4.78, 5) is 37.8. The van der Waals surface area contributed by atoms with Crippen LogP contribution in [-0.4, -0.2) is 36.3 Å². The maximum absolute atomic E-state index is 12.4. The Morgan fingerprint density at radius 2 is 1.85 bits per heavy atom. The minimum absolute atomic E-state index is 0.207. The Kier molecular flexibility index (Phi) is 5.31. The fourth-order valence-electron chi connectivity index (χ4n) is 3.00. The number of amides is 2. The van der Waals surface area contributed by atoms with Crippen molar-refractivity contribution in [2.45, 2.75) is 19.4 Å². The zero-order valence-corrected chi connectivity index (χ0v) is 14.5. The molecule has 134 valence electrons. The van der Waals surface area contributed by atoms with Crippen molar-refractivity contribution in [3.05, 3.63) is 65.2 Å². The van der Waals surface area contributed by atoms with Gasteiger partial charge in [-0.1, -0.05) is 30.3 Å². The number of nitrogens with zero attached hydrogens (tertiary/aromatic N) is 1. The Balaban J connectivity index is 1.58. The predicted octanol–water partition coefficient (Wildman–Crippen LogP) is 2.39. The fraction of sp³-hybridized carbons (Fsp3) is 0.250. The molecule has 1 N–H and O–H groups in total. The van der Waals surface area contributed by atoms with E-state index in [1.165, 1.54) is 18.7 Å². The second-order valence-electron chi connectivity index (χ2n) is 6.13. The third kappa shape index (κ3) is 4.08. The molecule has 1 heterocycles. The van der Waals surface area contributed by atoms with Gasteiger partial charge in [0, 0.05) is 18.8 Å². The summed E-state index contributed by atoms with van der Waals surface area (Å²) >= 11 is 0. The van der Waals surface area contributed by atoms with Gasteiger partial charge >= 0.3 is 5.97 Å². The van der Waals surface area contributed by atoms with E-state index in [9.17, 15) is 14.4 Å². The van der Waals surface area contributed by atoms with Crippen LogP contribution in [0.25, 0.3) is 0 Å². The van der Waals surface area contributed by atoms with E-state index >= 15 is 0 Å². The maximum atomic E-state index is 12.4. The van der Waals surface area contributed by atoms with Gasteiger partial charge in [0.2, 0.25) is 11.8 Å². The van der Waals surface area contributed by atoms with E-state index < -0.39 is 11.9 Å². The summed E-state index contributed by atoms with van der Waals surface area (Å²) < 4.78 is 4.66. The van der Waals surface area contributed by atoms with Crippen LogP contribution in [0.5, 0.6) is 0 Å². The zero-order valence-electron chi connectivity index (χ0n) is 14.5. The van der Waals surface area contributed by atoms with E-state index in [1.807, 2.05) is 18.2 Å². The molecule has 0 radical (unpaired) electrons. The summed E-state index contributed by atoms with van der Waals surface area (Å²) in [6, 6.07) is 14.4. The minimum atomic E-state index is -0.482. The third-order valence-corrected chi connectivity index (χ3v) is 4.36. The molecule has 0 saturated carbocycles.